The monoisotopic (exact) mass is 517 g/mol. The molecule has 3 amide bonds. The van der Waals surface area contributed by atoms with Crippen molar-refractivity contribution in [1.82, 2.24) is 15.5 Å². The molecule has 37 heavy (non-hydrogen) atoms. The van der Waals surface area contributed by atoms with E-state index in [0.717, 1.165) is 36.0 Å². The molecule has 1 aromatic carbocycles. The highest BCUT2D eigenvalue weighted by Crippen LogP contribution is 2.33. The Kier molecular flexibility index (Phi) is 12.1. The van der Waals surface area contributed by atoms with E-state index in [1.807, 2.05) is 66.7 Å². The molecule has 0 aliphatic carbocycles. The third-order valence-corrected chi connectivity index (χ3v) is 6.18. The molecule has 210 valence electrons. The van der Waals surface area contributed by atoms with Crippen LogP contribution >= 0.6 is 0 Å². The summed E-state index contributed by atoms with van der Waals surface area (Å²) in [7, 11) is 0. The number of aryl methyl sites for hydroxylation is 1. The highest BCUT2D eigenvalue weighted by atomic mass is 16.6. The predicted molar refractivity (Wildman–Crippen MR) is 150 cm³/mol. The maximum atomic E-state index is 14.3. The minimum Gasteiger partial charge on any atom is -0.444 e. The number of unbranched alkanes of at least 4 members (excludes halogenated alkanes) is 2. The van der Waals surface area contributed by atoms with Crippen LogP contribution in [0, 0.1) is 19.8 Å². The molecule has 2 N–H and O–H groups in total. The summed E-state index contributed by atoms with van der Waals surface area (Å²) in [4.78, 5) is 42.5. The van der Waals surface area contributed by atoms with Crippen molar-refractivity contribution in [3.8, 4) is 0 Å². The maximum Gasteiger partial charge on any atom is 0.408 e. The molecule has 1 aromatic rings. The standard InChI is InChI=1S/C30H51N3O4/c1-12-13-14-18-31-26(34)25(23-17-15-16-21(4)22(23)5)33(29(6,7)8)27(35)24(19-20(2)3)32-28(36)37-30(9,10)11/h15-17,20,24-25H,12-14,18-19H2,1-11H3,(H,31,34)(H,32,36). The number of ether oxygens (including phenoxy) is 1. The first-order valence-electron chi connectivity index (χ1n) is 13.7. The second kappa shape index (κ2) is 13.8. The number of nitrogens with zero attached hydrogens (tertiary/aromatic N) is 1. The van der Waals surface area contributed by atoms with Crippen LogP contribution in [0.2, 0.25) is 0 Å². The van der Waals surface area contributed by atoms with Crippen molar-refractivity contribution in [1.29, 1.82) is 0 Å². The zero-order valence-corrected chi connectivity index (χ0v) is 25.1. The van der Waals surface area contributed by atoms with Crippen LogP contribution in [0.3, 0.4) is 0 Å². The van der Waals surface area contributed by atoms with E-state index < -0.39 is 29.3 Å². The zero-order valence-electron chi connectivity index (χ0n) is 25.1. The van der Waals surface area contributed by atoms with Crippen molar-refractivity contribution in [2.75, 3.05) is 6.54 Å². The van der Waals surface area contributed by atoms with E-state index in [4.69, 9.17) is 4.74 Å². The lowest BCUT2D eigenvalue weighted by molar-refractivity contribution is -0.148. The molecule has 0 heterocycles. The average molecular weight is 518 g/mol. The summed E-state index contributed by atoms with van der Waals surface area (Å²) < 4.78 is 5.47. The van der Waals surface area contributed by atoms with Gasteiger partial charge in [-0.15, -0.1) is 0 Å². The lowest BCUT2D eigenvalue weighted by atomic mass is 9.90. The van der Waals surface area contributed by atoms with Crippen molar-refractivity contribution >= 4 is 17.9 Å². The fraction of sp³-hybridized carbons (Fsp3) is 0.700. The highest BCUT2D eigenvalue weighted by molar-refractivity contribution is 5.93. The number of hydrogen-bond donors (Lipinski definition) is 2. The molecule has 0 fully saturated rings. The molecule has 0 radical (unpaired) electrons. The van der Waals surface area contributed by atoms with Crippen molar-refractivity contribution in [2.24, 2.45) is 5.92 Å². The van der Waals surface area contributed by atoms with E-state index in [9.17, 15) is 14.4 Å². The molecule has 2 atom stereocenters. The number of benzene rings is 1. The normalized spacial score (nSPS) is 13.6. The van der Waals surface area contributed by atoms with Crippen LogP contribution in [0.1, 0.15) is 111 Å². The molecule has 1 rings (SSSR count). The van der Waals surface area contributed by atoms with Crippen molar-refractivity contribution in [2.45, 2.75) is 125 Å². The molecule has 7 heteroatoms. The van der Waals surface area contributed by atoms with Crippen molar-refractivity contribution < 1.29 is 19.1 Å². The lowest BCUT2D eigenvalue weighted by Gasteiger charge is -2.43. The van der Waals surface area contributed by atoms with Crippen LogP contribution in [0.25, 0.3) is 0 Å². The Morgan fingerprint density at radius 1 is 1.00 bits per heavy atom. The summed E-state index contributed by atoms with van der Waals surface area (Å²) in [6.07, 6.45) is 2.72. The number of alkyl carbamates (subject to hydrolysis) is 1. The second-order valence-corrected chi connectivity index (χ2v) is 12.4. The van der Waals surface area contributed by atoms with Crippen LogP contribution < -0.4 is 10.6 Å². The summed E-state index contributed by atoms with van der Waals surface area (Å²) in [5.41, 5.74) is 1.41. The zero-order chi connectivity index (χ0) is 28.6. The van der Waals surface area contributed by atoms with Gasteiger partial charge in [-0.25, -0.2) is 4.79 Å². The first kappa shape index (κ1) is 32.5. The van der Waals surface area contributed by atoms with E-state index in [1.54, 1.807) is 25.7 Å². The van der Waals surface area contributed by atoms with Gasteiger partial charge in [-0.05, 0) is 90.8 Å². The van der Waals surface area contributed by atoms with Gasteiger partial charge in [-0.1, -0.05) is 51.8 Å². The summed E-state index contributed by atoms with van der Waals surface area (Å²) >= 11 is 0. The molecule has 0 spiro atoms. The van der Waals surface area contributed by atoms with Crippen LogP contribution in [0.4, 0.5) is 4.79 Å². The predicted octanol–water partition coefficient (Wildman–Crippen LogP) is 6.22. The number of nitrogens with one attached hydrogen (secondary N) is 2. The molecule has 7 nitrogen and oxygen atoms in total. The van der Waals surface area contributed by atoms with Gasteiger partial charge in [0.15, 0.2) is 0 Å². The lowest BCUT2D eigenvalue weighted by Crippen LogP contribution is -2.59. The van der Waals surface area contributed by atoms with E-state index in [2.05, 4.69) is 17.6 Å². The second-order valence-electron chi connectivity index (χ2n) is 12.4. The number of carbonyl (C=O) groups excluding carboxylic acids is 3. The third-order valence-electron chi connectivity index (χ3n) is 6.18. The van der Waals surface area contributed by atoms with Gasteiger partial charge in [0, 0.05) is 12.1 Å². The molecule has 0 aromatic heterocycles. The van der Waals surface area contributed by atoms with Gasteiger partial charge in [0.25, 0.3) is 0 Å². The van der Waals surface area contributed by atoms with Crippen LogP contribution in [0.15, 0.2) is 18.2 Å². The van der Waals surface area contributed by atoms with E-state index >= 15 is 0 Å². The average Bonchev–Trinajstić information content (AvgIpc) is 2.73. The Morgan fingerprint density at radius 2 is 1.62 bits per heavy atom. The summed E-state index contributed by atoms with van der Waals surface area (Å²) in [5, 5.41) is 5.88. The third kappa shape index (κ3) is 10.4. The molecule has 0 aliphatic heterocycles. The summed E-state index contributed by atoms with van der Waals surface area (Å²) in [6, 6.07) is 4.16. The van der Waals surface area contributed by atoms with Crippen LogP contribution in [0.5, 0.6) is 0 Å². The Bertz CT molecular complexity index is 912. The van der Waals surface area contributed by atoms with Gasteiger partial charge in [-0.2, -0.15) is 0 Å². The van der Waals surface area contributed by atoms with Crippen LogP contribution in [-0.2, 0) is 14.3 Å². The number of amides is 3. The molecular weight excluding hydrogens is 466 g/mol. The minimum absolute atomic E-state index is 0.132. The van der Waals surface area contributed by atoms with Gasteiger partial charge in [0.05, 0.1) is 0 Å². The molecule has 0 bridgehead atoms. The fourth-order valence-electron chi connectivity index (χ4n) is 4.31. The number of hydrogen-bond acceptors (Lipinski definition) is 4. The number of carbonyl (C=O) groups is 3. The highest BCUT2D eigenvalue weighted by Gasteiger charge is 2.42. The van der Waals surface area contributed by atoms with Gasteiger partial charge in [0.1, 0.15) is 17.7 Å². The topological polar surface area (TPSA) is 87.7 Å². The SMILES string of the molecule is CCCCCNC(=O)C(c1cccc(C)c1C)N(C(=O)C(CC(C)C)NC(=O)OC(C)(C)C)C(C)(C)C. The summed E-state index contributed by atoms with van der Waals surface area (Å²) in [5.74, 6) is -0.386. The Balaban J connectivity index is 3.58. The minimum atomic E-state index is -0.843. The van der Waals surface area contributed by atoms with Gasteiger partial charge in [-0.3, -0.25) is 9.59 Å². The van der Waals surface area contributed by atoms with E-state index in [0.29, 0.717) is 13.0 Å². The molecule has 0 saturated carbocycles. The van der Waals surface area contributed by atoms with E-state index in [1.165, 1.54) is 0 Å². The first-order chi connectivity index (χ1) is 17.0. The smallest absolute Gasteiger partial charge is 0.408 e. The Labute approximate surface area is 225 Å². The maximum absolute atomic E-state index is 14.3. The van der Waals surface area contributed by atoms with Crippen LogP contribution in [-0.4, -0.2) is 46.5 Å². The van der Waals surface area contributed by atoms with Gasteiger partial charge < -0.3 is 20.3 Å². The Morgan fingerprint density at radius 3 is 2.14 bits per heavy atom. The molecule has 0 saturated heterocycles. The summed E-state index contributed by atoms with van der Waals surface area (Å²) in [6.45, 7) is 21.8. The largest absolute Gasteiger partial charge is 0.444 e. The van der Waals surface area contributed by atoms with Gasteiger partial charge >= 0.3 is 6.09 Å². The van der Waals surface area contributed by atoms with Crippen molar-refractivity contribution in [3.05, 3.63) is 34.9 Å². The molecular formula is C30H51N3O4. The van der Waals surface area contributed by atoms with E-state index in [-0.39, 0.29) is 17.7 Å². The molecule has 2 unspecified atom stereocenters. The quantitative estimate of drug-likeness (QED) is 0.341. The fourth-order valence-corrected chi connectivity index (χ4v) is 4.31. The molecule has 0 aliphatic rings. The Hall–Kier alpha value is -2.57. The number of rotatable bonds is 11. The van der Waals surface area contributed by atoms with Crippen molar-refractivity contribution in [3.63, 3.8) is 0 Å². The first-order valence-corrected chi connectivity index (χ1v) is 13.7. The van der Waals surface area contributed by atoms with Gasteiger partial charge in [0.2, 0.25) is 11.8 Å².